The number of halogens is 3. The zero-order valence-electron chi connectivity index (χ0n) is 11.6. The number of benzene rings is 2. The van der Waals surface area contributed by atoms with E-state index < -0.39 is 5.38 Å². The Kier molecular flexibility index (Phi) is 5.22. The number of alkyl halides is 1. The van der Waals surface area contributed by atoms with Gasteiger partial charge in [-0.05, 0) is 47.7 Å². The van der Waals surface area contributed by atoms with Crippen LogP contribution in [-0.4, -0.2) is 0 Å². The molecule has 2 aromatic carbocycles. The Morgan fingerprint density at radius 3 is 2.40 bits per heavy atom. The molecule has 20 heavy (non-hydrogen) atoms. The molecule has 0 saturated heterocycles. The number of rotatable bonds is 4. The van der Waals surface area contributed by atoms with Gasteiger partial charge in [-0.2, -0.15) is 0 Å². The molecule has 2 rings (SSSR count). The van der Waals surface area contributed by atoms with E-state index in [0.29, 0.717) is 5.56 Å². The minimum Gasteiger partial charge on any atom is -0.207 e. The first-order valence-corrected chi connectivity index (χ1v) is 8.00. The second-order valence-corrected chi connectivity index (χ2v) is 6.12. The third-order valence-electron chi connectivity index (χ3n) is 3.52. The molecule has 0 nitrogen and oxygen atoms in total. The molecule has 0 bridgehead atoms. The van der Waals surface area contributed by atoms with Gasteiger partial charge in [0, 0.05) is 10.0 Å². The first-order valence-electron chi connectivity index (χ1n) is 6.77. The van der Waals surface area contributed by atoms with Crippen molar-refractivity contribution in [3.63, 3.8) is 0 Å². The molecule has 0 amide bonds. The molecule has 0 spiro atoms. The molecule has 1 atom stereocenters. The summed E-state index contributed by atoms with van der Waals surface area (Å²) in [7, 11) is 0. The van der Waals surface area contributed by atoms with Crippen molar-refractivity contribution in [2.24, 2.45) is 0 Å². The summed E-state index contributed by atoms with van der Waals surface area (Å²) in [6.45, 7) is 4.27. The Balaban J connectivity index is 2.42. The summed E-state index contributed by atoms with van der Waals surface area (Å²) in [5.41, 5.74) is 4.06. The zero-order valence-corrected chi connectivity index (χ0v) is 13.9. The zero-order chi connectivity index (χ0) is 14.7. The average molecular weight is 356 g/mol. The largest absolute Gasteiger partial charge is 0.207 e. The van der Waals surface area contributed by atoms with Crippen LogP contribution in [0.15, 0.2) is 40.9 Å². The molecular weight excluding hydrogens is 339 g/mol. The summed E-state index contributed by atoms with van der Waals surface area (Å²) >= 11 is 9.84. The molecule has 2 aromatic rings. The minimum atomic E-state index is -0.469. The Bertz CT molecular complexity index is 610. The average Bonchev–Trinajstić information content (AvgIpc) is 2.48. The van der Waals surface area contributed by atoms with Crippen LogP contribution in [0.5, 0.6) is 0 Å². The summed E-state index contributed by atoms with van der Waals surface area (Å²) in [6.07, 6.45) is 1.96. The van der Waals surface area contributed by atoms with Crippen LogP contribution in [0.25, 0.3) is 0 Å². The van der Waals surface area contributed by atoms with E-state index in [1.54, 1.807) is 12.1 Å². The molecule has 0 aliphatic carbocycles. The van der Waals surface area contributed by atoms with Crippen LogP contribution in [0.4, 0.5) is 4.39 Å². The van der Waals surface area contributed by atoms with E-state index in [9.17, 15) is 4.39 Å². The second-order valence-electron chi connectivity index (χ2n) is 4.76. The normalized spacial score (nSPS) is 12.4. The van der Waals surface area contributed by atoms with Crippen LogP contribution in [0.2, 0.25) is 0 Å². The van der Waals surface area contributed by atoms with E-state index in [2.05, 4.69) is 41.9 Å². The van der Waals surface area contributed by atoms with Gasteiger partial charge in [-0.3, -0.25) is 0 Å². The standard InChI is InChI=1S/C17H17BrClF/c1-3-11-5-6-13(9-12(11)4-2)17(19)15-10-14(18)7-8-16(15)20/h5-10,17H,3-4H2,1-2H3. The third-order valence-corrected chi connectivity index (χ3v) is 4.50. The fourth-order valence-electron chi connectivity index (χ4n) is 2.37. The van der Waals surface area contributed by atoms with Crippen LogP contribution in [-0.2, 0) is 12.8 Å². The lowest BCUT2D eigenvalue weighted by Crippen LogP contribution is -2.00. The van der Waals surface area contributed by atoms with E-state index in [1.807, 2.05) is 6.07 Å². The molecule has 106 valence electrons. The van der Waals surface area contributed by atoms with Gasteiger partial charge in [0.05, 0.1) is 5.38 Å². The Labute approximate surface area is 133 Å². The first-order chi connectivity index (χ1) is 9.56. The van der Waals surface area contributed by atoms with Crippen molar-refractivity contribution in [3.8, 4) is 0 Å². The fraction of sp³-hybridized carbons (Fsp3) is 0.294. The Morgan fingerprint density at radius 1 is 1.05 bits per heavy atom. The van der Waals surface area contributed by atoms with Gasteiger partial charge >= 0.3 is 0 Å². The maximum Gasteiger partial charge on any atom is 0.128 e. The topological polar surface area (TPSA) is 0 Å². The monoisotopic (exact) mass is 354 g/mol. The summed E-state index contributed by atoms with van der Waals surface area (Å²) in [5, 5.41) is -0.469. The van der Waals surface area contributed by atoms with Crippen LogP contribution in [0, 0.1) is 5.82 Å². The van der Waals surface area contributed by atoms with Crippen LogP contribution in [0.1, 0.15) is 41.5 Å². The SMILES string of the molecule is CCc1ccc(C(Cl)c2cc(Br)ccc2F)cc1CC. The van der Waals surface area contributed by atoms with Crippen molar-refractivity contribution in [2.45, 2.75) is 32.1 Å². The van der Waals surface area contributed by atoms with Gasteiger partial charge in [-0.25, -0.2) is 4.39 Å². The van der Waals surface area contributed by atoms with Crippen molar-refractivity contribution in [1.82, 2.24) is 0 Å². The van der Waals surface area contributed by atoms with Crippen molar-refractivity contribution >= 4 is 27.5 Å². The molecule has 0 aliphatic rings. The quantitative estimate of drug-likeness (QED) is 0.586. The minimum absolute atomic E-state index is 0.272. The van der Waals surface area contributed by atoms with Crippen LogP contribution < -0.4 is 0 Å². The van der Waals surface area contributed by atoms with Crippen molar-refractivity contribution in [2.75, 3.05) is 0 Å². The van der Waals surface area contributed by atoms with Gasteiger partial charge < -0.3 is 0 Å². The maximum atomic E-state index is 13.9. The van der Waals surface area contributed by atoms with E-state index in [1.165, 1.54) is 17.2 Å². The Morgan fingerprint density at radius 2 is 1.75 bits per heavy atom. The van der Waals surface area contributed by atoms with Gasteiger partial charge in [-0.1, -0.05) is 48.0 Å². The molecule has 1 unspecified atom stereocenters. The highest BCUT2D eigenvalue weighted by Gasteiger charge is 2.16. The molecule has 0 N–H and O–H groups in total. The summed E-state index contributed by atoms with van der Waals surface area (Å²) < 4.78 is 14.8. The molecular formula is C17H17BrClF. The number of hydrogen-bond donors (Lipinski definition) is 0. The first kappa shape index (κ1) is 15.5. The van der Waals surface area contributed by atoms with E-state index >= 15 is 0 Å². The molecule has 0 radical (unpaired) electrons. The molecule has 0 saturated carbocycles. The van der Waals surface area contributed by atoms with E-state index in [4.69, 9.17) is 11.6 Å². The summed E-state index contributed by atoms with van der Waals surface area (Å²) in [5.74, 6) is -0.272. The highest BCUT2D eigenvalue weighted by Crippen LogP contribution is 2.33. The van der Waals surface area contributed by atoms with E-state index in [0.717, 1.165) is 22.9 Å². The summed E-state index contributed by atoms with van der Waals surface area (Å²) in [4.78, 5) is 0. The molecule has 3 heteroatoms. The molecule has 0 fully saturated rings. The predicted octanol–water partition coefficient (Wildman–Crippen LogP) is 6.04. The Hall–Kier alpha value is -0.860. The smallest absolute Gasteiger partial charge is 0.128 e. The van der Waals surface area contributed by atoms with E-state index in [-0.39, 0.29) is 5.82 Å². The lowest BCUT2D eigenvalue weighted by molar-refractivity contribution is 0.612. The number of hydrogen-bond acceptors (Lipinski definition) is 0. The van der Waals surface area contributed by atoms with Crippen molar-refractivity contribution in [3.05, 3.63) is 68.9 Å². The van der Waals surface area contributed by atoms with Crippen molar-refractivity contribution < 1.29 is 4.39 Å². The van der Waals surface area contributed by atoms with Crippen molar-refractivity contribution in [1.29, 1.82) is 0 Å². The maximum absolute atomic E-state index is 13.9. The molecule has 0 aromatic heterocycles. The third kappa shape index (κ3) is 3.24. The van der Waals surface area contributed by atoms with Gasteiger partial charge in [0.1, 0.15) is 5.82 Å². The fourth-order valence-corrected chi connectivity index (χ4v) is 3.05. The molecule has 0 aliphatic heterocycles. The van der Waals surface area contributed by atoms with Crippen LogP contribution in [0.3, 0.4) is 0 Å². The van der Waals surface area contributed by atoms with Gasteiger partial charge in [-0.15, -0.1) is 11.6 Å². The second kappa shape index (κ2) is 6.73. The van der Waals surface area contributed by atoms with Crippen LogP contribution >= 0.6 is 27.5 Å². The molecule has 0 heterocycles. The lowest BCUT2D eigenvalue weighted by atomic mass is 9.96. The lowest BCUT2D eigenvalue weighted by Gasteiger charge is -2.15. The van der Waals surface area contributed by atoms with Gasteiger partial charge in [0.2, 0.25) is 0 Å². The summed E-state index contributed by atoms with van der Waals surface area (Å²) in [6, 6.07) is 11.1. The highest BCUT2D eigenvalue weighted by atomic mass is 79.9. The highest BCUT2D eigenvalue weighted by molar-refractivity contribution is 9.10. The predicted molar refractivity (Wildman–Crippen MR) is 87.0 cm³/mol. The van der Waals surface area contributed by atoms with Gasteiger partial charge in [0.15, 0.2) is 0 Å². The number of aryl methyl sites for hydroxylation is 2. The van der Waals surface area contributed by atoms with Gasteiger partial charge in [0.25, 0.3) is 0 Å².